The van der Waals surface area contributed by atoms with Gasteiger partial charge in [-0.05, 0) is 55.7 Å². The van der Waals surface area contributed by atoms with Crippen LogP contribution in [0, 0.1) is 19.8 Å². The van der Waals surface area contributed by atoms with Gasteiger partial charge in [0.2, 0.25) is 0 Å². The van der Waals surface area contributed by atoms with Crippen LogP contribution in [0.4, 0.5) is 0 Å². The number of rotatable bonds is 5. The van der Waals surface area contributed by atoms with Crippen molar-refractivity contribution in [3.05, 3.63) is 34.9 Å². The topological polar surface area (TPSA) is 20.2 Å². The highest BCUT2D eigenvalue weighted by molar-refractivity contribution is 5.30. The molecule has 1 saturated carbocycles. The van der Waals surface area contributed by atoms with Gasteiger partial charge in [0, 0.05) is 0 Å². The zero-order valence-electron chi connectivity index (χ0n) is 12.5. The summed E-state index contributed by atoms with van der Waals surface area (Å²) in [6, 6.07) is 6.55. The zero-order chi connectivity index (χ0) is 13.7. The molecule has 0 bridgehead atoms. The van der Waals surface area contributed by atoms with Crippen LogP contribution in [0.5, 0.6) is 0 Å². The molecule has 0 heterocycles. The second-order valence-electron chi connectivity index (χ2n) is 6.36. The van der Waals surface area contributed by atoms with Crippen molar-refractivity contribution >= 4 is 0 Å². The molecule has 0 radical (unpaired) electrons. The van der Waals surface area contributed by atoms with Gasteiger partial charge >= 0.3 is 0 Å². The molecular weight excluding hydrogens is 232 g/mol. The summed E-state index contributed by atoms with van der Waals surface area (Å²) >= 11 is 0. The minimum absolute atomic E-state index is 0.163. The third kappa shape index (κ3) is 4.65. The van der Waals surface area contributed by atoms with Crippen LogP contribution in [0.3, 0.4) is 0 Å². The Balaban J connectivity index is 1.76. The van der Waals surface area contributed by atoms with Crippen molar-refractivity contribution in [1.82, 2.24) is 0 Å². The summed E-state index contributed by atoms with van der Waals surface area (Å²) in [7, 11) is 0. The van der Waals surface area contributed by atoms with Crippen LogP contribution >= 0.6 is 0 Å². The molecule has 0 saturated heterocycles. The lowest BCUT2D eigenvalue weighted by Gasteiger charge is -2.22. The van der Waals surface area contributed by atoms with Gasteiger partial charge in [0.05, 0.1) is 6.10 Å². The number of benzene rings is 1. The van der Waals surface area contributed by atoms with Crippen LogP contribution in [0.2, 0.25) is 0 Å². The minimum atomic E-state index is -0.163. The van der Waals surface area contributed by atoms with Gasteiger partial charge in [-0.15, -0.1) is 0 Å². The molecule has 0 amide bonds. The quantitative estimate of drug-likeness (QED) is 0.822. The van der Waals surface area contributed by atoms with Crippen LogP contribution in [-0.2, 0) is 6.42 Å². The first-order valence-electron chi connectivity index (χ1n) is 7.89. The molecule has 0 spiro atoms. The normalized spacial score (nSPS) is 18.5. The fraction of sp³-hybridized carbons (Fsp3) is 0.667. The Labute approximate surface area is 118 Å². The molecule has 1 aromatic rings. The van der Waals surface area contributed by atoms with E-state index in [0.29, 0.717) is 0 Å². The van der Waals surface area contributed by atoms with Gasteiger partial charge in [0.15, 0.2) is 0 Å². The second-order valence-corrected chi connectivity index (χ2v) is 6.36. The van der Waals surface area contributed by atoms with Crippen molar-refractivity contribution in [3.63, 3.8) is 0 Å². The zero-order valence-corrected chi connectivity index (χ0v) is 12.5. The number of aryl methyl sites for hydroxylation is 2. The summed E-state index contributed by atoms with van der Waals surface area (Å²) in [5.41, 5.74) is 3.94. The first kappa shape index (κ1) is 14.6. The molecule has 1 aliphatic rings. The molecule has 1 fully saturated rings. The monoisotopic (exact) mass is 260 g/mol. The van der Waals surface area contributed by atoms with E-state index in [2.05, 4.69) is 32.0 Å². The summed E-state index contributed by atoms with van der Waals surface area (Å²) < 4.78 is 0. The van der Waals surface area contributed by atoms with Crippen molar-refractivity contribution in [2.45, 2.75) is 71.3 Å². The average Bonchev–Trinajstić information content (AvgIpc) is 2.42. The molecule has 1 N–H and O–H groups in total. The molecule has 0 aliphatic heterocycles. The predicted octanol–water partition coefficient (Wildman–Crippen LogP) is 4.57. The van der Waals surface area contributed by atoms with Crippen molar-refractivity contribution in [1.29, 1.82) is 0 Å². The number of aliphatic hydroxyl groups excluding tert-OH is 1. The molecule has 2 rings (SSSR count). The molecule has 1 nitrogen and oxygen atoms in total. The largest absolute Gasteiger partial charge is 0.393 e. The van der Waals surface area contributed by atoms with Gasteiger partial charge in [-0.3, -0.25) is 0 Å². The van der Waals surface area contributed by atoms with E-state index in [9.17, 15) is 5.11 Å². The number of aliphatic hydroxyl groups is 1. The lowest BCUT2D eigenvalue weighted by atomic mass is 9.85. The van der Waals surface area contributed by atoms with Crippen molar-refractivity contribution in [2.75, 3.05) is 0 Å². The molecule has 1 atom stereocenters. The van der Waals surface area contributed by atoms with E-state index in [1.165, 1.54) is 55.2 Å². The van der Waals surface area contributed by atoms with Gasteiger partial charge in [-0.1, -0.05) is 50.3 Å². The fourth-order valence-electron chi connectivity index (χ4n) is 3.21. The Morgan fingerprint density at radius 1 is 1.11 bits per heavy atom. The van der Waals surface area contributed by atoms with Crippen molar-refractivity contribution in [2.24, 2.45) is 5.92 Å². The second kappa shape index (κ2) is 7.09. The van der Waals surface area contributed by atoms with Crippen LogP contribution in [0.15, 0.2) is 18.2 Å². The summed E-state index contributed by atoms with van der Waals surface area (Å²) in [5, 5.41) is 10.2. The van der Waals surface area contributed by atoms with Crippen LogP contribution < -0.4 is 0 Å². The maximum Gasteiger partial charge on any atom is 0.0580 e. The van der Waals surface area contributed by atoms with Crippen LogP contribution in [-0.4, -0.2) is 11.2 Å². The highest BCUT2D eigenvalue weighted by Gasteiger charge is 2.15. The van der Waals surface area contributed by atoms with Gasteiger partial charge in [-0.25, -0.2) is 0 Å². The first-order chi connectivity index (χ1) is 9.15. The molecule has 0 aromatic heterocycles. The molecule has 1 unspecified atom stereocenters. The summed E-state index contributed by atoms with van der Waals surface area (Å²) in [5.74, 6) is 0.878. The summed E-state index contributed by atoms with van der Waals surface area (Å²) in [6.45, 7) is 4.28. The predicted molar refractivity (Wildman–Crippen MR) is 81.4 cm³/mol. The van der Waals surface area contributed by atoms with Gasteiger partial charge < -0.3 is 5.11 Å². The van der Waals surface area contributed by atoms with E-state index in [4.69, 9.17) is 0 Å². The average molecular weight is 260 g/mol. The molecule has 1 aliphatic carbocycles. The van der Waals surface area contributed by atoms with Gasteiger partial charge in [-0.2, -0.15) is 0 Å². The standard InChI is InChI=1S/C18H28O/c1-14-8-9-17(12-15(14)2)13-18(19)11-10-16-6-4-3-5-7-16/h8-9,12,16,18-19H,3-7,10-11,13H2,1-2H3. The summed E-state index contributed by atoms with van der Waals surface area (Å²) in [4.78, 5) is 0. The lowest BCUT2D eigenvalue weighted by Crippen LogP contribution is -2.14. The first-order valence-corrected chi connectivity index (χ1v) is 7.89. The van der Waals surface area contributed by atoms with Crippen LogP contribution in [0.1, 0.15) is 61.6 Å². The highest BCUT2D eigenvalue weighted by atomic mass is 16.3. The maximum atomic E-state index is 10.2. The van der Waals surface area contributed by atoms with Crippen LogP contribution in [0.25, 0.3) is 0 Å². The van der Waals surface area contributed by atoms with E-state index < -0.39 is 0 Å². The maximum absolute atomic E-state index is 10.2. The third-order valence-corrected chi connectivity index (χ3v) is 4.68. The Hall–Kier alpha value is -0.820. The van der Waals surface area contributed by atoms with E-state index in [0.717, 1.165) is 18.8 Å². The minimum Gasteiger partial charge on any atom is -0.393 e. The Bertz CT molecular complexity index is 391. The smallest absolute Gasteiger partial charge is 0.0580 e. The van der Waals surface area contributed by atoms with E-state index >= 15 is 0 Å². The fourth-order valence-corrected chi connectivity index (χ4v) is 3.21. The molecule has 106 valence electrons. The van der Waals surface area contributed by atoms with Gasteiger partial charge in [0.1, 0.15) is 0 Å². The van der Waals surface area contributed by atoms with Crippen molar-refractivity contribution < 1.29 is 5.11 Å². The highest BCUT2D eigenvalue weighted by Crippen LogP contribution is 2.28. The van der Waals surface area contributed by atoms with E-state index in [1.807, 2.05) is 0 Å². The molecule has 19 heavy (non-hydrogen) atoms. The number of hydrogen-bond acceptors (Lipinski definition) is 1. The SMILES string of the molecule is Cc1ccc(CC(O)CCC2CCCCC2)cc1C. The Morgan fingerprint density at radius 2 is 1.84 bits per heavy atom. The summed E-state index contributed by atoms with van der Waals surface area (Å²) in [6.07, 6.45) is 9.82. The van der Waals surface area contributed by atoms with E-state index in [1.54, 1.807) is 0 Å². The van der Waals surface area contributed by atoms with Gasteiger partial charge in [0.25, 0.3) is 0 Å². The molecule has 1 heteroatoms. The molecule has 1 aromatic carbocycles. The van der Waals surface area contributed by atoms with Crippen molar-refractivity contribution in [3.8, 4) is 0 Å². The Morgan fingerprint density at radius 3 is 2.53 bits per heavy atom. The lowest BCUT2D eigenvalue weighted by molar-refractivity contribution is 0.149. The Kier molecular flexibility index (Phi) is 5.45. The third-order valence-electron chi connectivity index (χ3n) is 4.68. The molecular formula is C18H28O. The number of hydrogen-bond donors (Lipinski definition) is 1. The van der Waals surface area contributed by atoms with E-state index in [-0.39, 0.29) is 6.10 Å².